The highest BCUT2D eigenvalue weighted by Crippen LogP contribution is 2.17. The van der Waals surface area contributed by atoms with E-state index >= 15 is 0 Å². The van der Waals surface area contributed by atoms with E-state index in [2.05, 4.69) is 15.9 Å². The maximum atomic E-state index is 13.6. The molecule has 0 aromatic heterocycles. The fraction of sp³-hybridized carbons (Fsp3) is 0.500. The summed E-state index contributed by atoms with van der Waals surface area (Å²) >= 11 is 3.23. The molecule has 0 saturated carbocycles. The number of hydrogen-bond acceptors (Lipinski definition) is 2. The van der Waals surface area contributed by atoms with Gasteiger partial charge in [-0.2, -0.15) is 0 Å². The van der Waals surface area contributed by atoms with E-state index in [1.807, 2.05) is 24.8 Å². The zero-order valence-electron chi connectivity index (χ0n) is 9.58. The molecule has 0 unspecified atom stereocenters. The van der Waals surface area contributed by atoms with Crippen molar-refractivity contribution < 1.29 is 9.50 Å². The smallest absolute Gasteiger partial charge is 0.128 e. The Labute approximate surface area is 104 Å². The van der Waals surface area contributed by atoms with E-state index in [1.54, 1.807) is 6.07 Å². The summed E-state index contributed by atoms with van der Waals surface area (Å²) in [7, 11) is 0. The highest BCUT2D eigenvalue weighted by molar-refractivity contribution is 9.10. The van der Waals surface area contributed by atoms with Crippen LogP contribution in [0.2, 0.25) is 0 Å². The van der Waals surface area contributed by atoms with Gasteiger partial charge < -0.3 is 5.11 Å². The van der Waals surface area contributed by atoms with Crippen LogP contribution in [0.4, 0.5) is 4.39 Å². The minimum absolute atomic E-state index is 0.0936. The van der Waals surface area contributed by atoms with Gasteiger partial charge in [0, 0.05) is 29.2 Å². The van der Waals surface area contributed by atoms with Gasteiger partial charge in [-0.25, -0.2) is 4.39 Å². The Morgan fingerprint density at radius 2 is 2.12 bits per heavy atom. The first-order valence-corrected chi connectivity index (χ1v) is 6.12. The summed E-state index contributed by atoms with van der Waals surface area (Å²) in [5, 5.41) is 8.93. The van der Waals surface area contributed by atoms with Gasteiger partial charge in [-0.05, 0) is 26.0 Å². The van der Waals surface area contributed by atoms with Gasteiger partial charge in [0.05, 0.1) is 6.61 Å². The Balaban J connectivity index is 2.77. The second-order valence-electron chi connectivity index (χ2n) is 4.02. The number of rotatable bonds is 5. The van der Waals surface area contributed by atoms with E-state index < -0.39 is 0 Å². The first-order chi connectivity index (χ1) is 7.54. The van der Waals surface area contributed by atoms with E-state index in [1.165, 1.54) is 6.07 Å². The second-order valence-corrected chi connectivity index (χ2v) is 4.94. The largest absolute Gasteiger partial charge is 0.395 e. The minimum atomic E-state index is -0.210. The first kappa shape index (κ1) is 13.6. The molecule has 0 aliphatic heterocycles. The molecular weight excluding hydrogens is 273 g/mol. The van der Waals surface area contributed by atoms with Crippen molar-refractivity contribution in [1.29, 1.82) is 0 Å². The molecule has 1 aromatic carbocycles. The van der Waals surface area contributed by atoms with Crippen molar-refractivity contribution in [3.05, 3.63) is 34.1 Å². The standard InChI is InChI=1S/C12H17BrFNO/c1-9(2)15(5-6-16)8-10-3-4-11(13)7-12(10)14/h3-4,7,9,16H,5-6,8H2,1-2H3. The maximum Gasteiger partial charge on any atom is 0.128 e. The zero-order chi connectivity index (χ0) is 12.1. The van der Waals surface area contributed by atoms with Gasteiger partial charge in [0.15, 0.2) is 0 Å². The quantitative estimate of drug-likeness (QED) is 0.901. The number of nitrogens with zero attached hydrogens (tertiary/aromatic N) is 1. The Kier molecular flexibility index (Phi) is 5.38. The lowest BCUT2D eigenvalue weighted by Gasteiger charge is -2.25. The van der Waals surface area contributed by atoms with Crippen LogP contribution in [0, 0.1) is 5.82 Å². The van der Waals surface area contributed by atoms with Crippen molar-refractivity contribution in [2.45, 2.75) is 26.4 Å². The summed E-state index contributed by atoms with van der Waals surface area (Å²) in [6.45, 7) is 5.25. The van der Waals surface area contributed by atoms with Crippen LogP contribution in [0.15, 0.2) is 22.7 Å². The van der Waals surface area contributed by atoms with Crippen molar-refractivity contribution in [3.63, 3.8) is 0 Å². The summed E-state index contributed by atoms with van der Waals surface area (Å²) in [5.74, 6) is -0.210. The van der Waals surface area contributed by atoms with Crippen LogP contribution in [0.1, 0.15) is 19.4 Å². The lowest BCUT2D eigenvalue weighted by atomic mass is 10.2. The van der Waals surface area contributed by atoms with E-state index in [-0.39, 0.29) is 18.5 Å². The monoisotopic (exact) mass is 289 g/mol. The molecule has 0 spiro atoms. The Morgan fingerprint density at radius 3 is 2.62 bits per heavy atom. The molecule has 90 valence electrons. The molecule has 0 radical (unpaired) electrons. The van der Waals surface area contributed by atoms with Crippen LogP contribution >= 0.6 is 15.9 Å². The summed E-state index contributed by atoms with van der Waals surface area (Å²) in [6, 6.07) is 5.35. The van der Waals surface area contributed by atoms with Gasteiger partial charge in [0.2, 0.25) is 0 Å². The number of aliphatic hydroxyl groups excluding tert-OH is 1. The third-order valence-electron chi connectivity index (χ3n) is 2.51. The van der Waals surface area contributed by atoms with Gasteiger partial charge in [-0.1, -0.05) is 22.0 Å². The minimum Gasteiger partial charge on any atom is -0.395 e. The molecule has 0 aliphatic carbocycles. The number of benzene rings is 1. The van der Waals surface area contributed by atoms with E-state index in [9.17, 15) is 4.39 Å². The first-order valence-electron chi connectivity index (χ1n) is 5.33. The fourth-order valence-electron chi connectivity index (χ4n) is 1.52. The molecule has 0 fully saturated rings. The van der Waals surface area contributed by atoms with Crippen molar-refractivity contribution >= 4 is 15.9 Å². The molecule has 1 N–H and O–H groups in total. The summed E-state index contributed by atoms with van der Waals surface area (Å²) < 4.78 is 14.3. The third kappa shape index (κ3) is 3.85. The lowest BCUT2D eigenvalue weighted by molar-refractivity contribution is 0.158. The van der Waals surface area contributed by atoms with Crippen LogP contribution in [0.3, 0.4) is 0 Å². The molecule has 1 rings (SSSR count). The van der Waals surface area contributed by atoms with E-state index in [0.29, 0.717) is 18.7 Å². The normalized spacial score (nSPS) is 11.4. The zero-order valence-corrected chi connectivity index (χ0v) is 11.2. The van der Waals surface area contributed by atoms with Crippen LogP contribution in [0.5, 0.6) is 0 Å². The van der Waals surface area contributed by atoms with E-state index in [0.717, 1.165) is 4.47 Å². The molecule has 0 amide bonds. The highest BCUT2D eigenvalue weighted by atomic mass is 79.9. The Bertz CT molecular complexity index is 344. The molecule has 0 heterocycles. The average molecular weight is 290 g/mol. The summed E-state index contributed by atoms with van der Waals surface area (Å²) in [4.78, 5) is 2.03. The second kappa shape index (κ2) is 6.33. The van der Waals surface area contributed by atoms with Crippen LogP contribution in [-0.4, -0.2) is 29.2 Å². The molecule has 16 heavy (non-hydrogen) atoms. The van der Waals surface area contributed by atoms with Crippen molar-refractivity contribution in [1.82, 2.24) is 4.90 Å². The summed E-state index contributed by atoms with van der Waals surface area (Å²) in [6.07, 6.45) is 0. The number of halogens is 2. The van der Waals surface area contributed by atoms with Crippen molar-refractivity contribution in [3.8, 4) is 0 Å². The maximum absolute atomic E-state index is 13.6. The van der Waals surface area contributed by atoms with Gasteiger partial charge in [0.1, 0.15) is 5.82 Å². The molecule has 0 bridgehead atoms. The fourth-order valence-corrected chi connectivity index (χ4v) is 1.85. The SMILES string of the molecule is CC(C)N(CCO)Cc1ccc(Br)cc1F. The molecular formula is C12H17BrFNO. The molecule has 0 saturated heterocycles. The predicted molar refractivity (Wildman–Crippen MR) is 66.7 cm³/mol. The van der Waals surface area contributed by atoms with Crippen LogP contribution in [0.25, 0.3) is 0 Å². The Morgan fingerprint density at radius 1 is 1.44 bits per heavy atom. The summed E-state index contributed by atoms with van der Waals surface area (Å²) in [5.41, 5.74) is 0.658. The molecule has 0 aliphatic rings. The van der Waals surface area contributed by atoms with Crippen molar-refractivity contribution in [2.75, 3.05) is 13.2 Å². The molecule has 4 heteroatoms. The molecule has 0 atom stereocenters. The van der Waals surface area contributed by atoms with Crippen LogP contribution in [-0.2, 0) is 6.54 Å². The molecule has 2 nitrogen and oxygen atoms in total. The van der Waals surface area contributed by atoms with Gasteiger partial charge >= 0.3 is 0 Å². The van der Waals surface area contributed by atoms with Crippen LogP contribution < -0.4 is 0 Å². The average Bonchev–Trinajstić information content (AvgIpc) is 2.20. The van der Waals surface area contributed by atoms with Crippen molar-refractivity contribution in [2.24, 2.45) is 0 Å². The number of hydrogen-bond donors (Lipinski definition) is 1. The highest BCUT2D eigenvalue weighted by Gasteiger charge is 2.12. The van der Waals surface area contributed by atoms with E-state index in [4.69, 9.17) is 5.11 Å². The molecule has 1 aromatic rings. The number of aliphatic hydroxyl groups is 1. The predicted octanol–water partition coefficient (Wildman–Crippen LogP) is 2.79. The topological polar surface area (TPSA) is 23.5 Å². The Hall–Kier alpha value is -0.450. The van der Waals surface area contributed by atoms with Gasteiger partial charge in [-0.15, -0.1) is 0 Å². The van der Waals surface area contributed by atoms with Gasteiger partial charge in [-0.3, -0.25) is 4.90 Å². The lowest BCUT2D eigenvalue weighted by Crippen LogP contribution is -2.33. The van der Waals surface area contributed by atoms with Gasteiger partial charge in [0.25, 0.3) is 0 Å². The third-order valence-corrected chi connectivity index (χ3v) is 3.00.